The van der Waals surface area contributed by atoms with Crippen molar-refractivity contribution < 1.29 is 9.60 Å². The Kier molecular flexibility index (Phi) is 11.1. The second-order valence-electron chi connectivity index (χ2n) is 5.21. The van der Waals surface area contributed by atoms with Crippen LogP contribution in [-0.4, -0.2) is 6.54 Å². The van der Waals surface area contributed by atoms with Crippen LogP contribution in [-0.2, 0) is 0 Å². The Morgan fingerprint density at radius 1 is 0.889 bits per heavy atom. The Labute approximate surface area is 112 Å². The largest absolute Gasteiger partial charge is 1.00 e. The van der Waals surface area contributed by atoms with Crippen molar-refractivity contribution in [3.8, 4) is 0 Å². The zero-order chi connectivity index (χ0) is 12.3. The van der Waals surface area contributed by atoms with Gasteiger partial charge in [-0.3, -0.25) is 4.90 Å². The number of allylic oxidation sites excluding steroid dienone is 2. The number of rotatable bonds is 10. The Morgan fingerprint density at radius 2 is 1.50 bits per heavy atom. The second kappa shape index (κ2) is 11.5. The summed E-state index contributed by atoms with van der Waals surface area (Å²) >= 11 is 0. The second-order valence-corrected chi connectivity index (χ2v) is 5.21. The van der Waals surface area contributed by atoms with E-state index in [1.54, 1.807) is 4.90 Å². The molecule has 1 nitrogen and oxygen atoms in total. The van der Waals surface area contributed by atoms with Gasteiger partial charge < -0.3 is 4.70 Å². The number of quaternary nitrogens is 1. The Hall–Kier alpha value is -0.630. The fourth-order valence-corrected chi connectivity index (χ4v) is 2.39. The van der Waals surface area contributed by atoms with Crippen molar-refractivity contribution >= 4 is 0 Å². The minimum atomic E-state index is 0. The van der Waals surface area contributed by atoms with Crippen LogP contribution in [0.1, 0.15) is 71.6 Å². The molecule has 18 heavy (non-hydrogen) atoms. The molecule has 0 aliphatic carbocycles. The van der Waals surface area contributed by atoms with Crippen LogP contribution in [0.2, 0.25) is 0 Å². The first-order valence-electron chi connectivity index (χ1n) is 7.61. The SMILES string of the molecule is CCCCCCCCCC[NH+]1C=CC(CC)=C1.[F-]. The quantitative estimate of drug-likeness (QED) is 0.552. The molecule has 0 spiro atoms. The van der Waals surface area contributed by atoms with Gasteiger partial charge in [0.05, 0.1) is 12.7 Å². The number of hydrogen-bond acceptors (Lipinski definition) is 0. The van der Waals surface area contributed by atoms with Crippen LogP contribution in [0.5, 0.6) is 0 Å². The van der Waals surface area contributed by atoms with Gasteiger partial charge in [0, 0.05) is 11.6 Å². The van der Waals surface area contributed by atoms with E-state index in [1.807, 2.05) is 0 Å². The summed E-state index contributed by atoms with van der Waals surface area (Å²) in [5.74, 6) is 0. The summed E-state index contributed by atoms with van der Waals surface area (Å²) < 4.78 is 0. The van der Waals surface area contributed by atoms with Gasteiger partial charge >= 0.3 is 0 Å². The topological polar surface area (TPSA) is 4.44 Å². The molecule has 1 aliphatic rings. The molecule has 0 bridgehead atoms. The summed E-state index contributed by atoms with van der Waals surface area (Å²) in [5.41, 5.74) is 1.50. The molecule has 0 radical (unpaired) electrons. The fraction of sp³-hybridized carbons (Fsp3) is 0.750. The van der Waals surface area contributed by atoms with Crippen LogP contribution in [0, 0.1) is 0 Å². The van der Waals surface area contributed by atoms with E-state index in [4.69, 9.17) is 0 Å². The molecule has 1 aliphatic heterocycles. The van der Waals surface area contributed by atoms with Crippen molar-refractivity contribution in [2.75, 3.05) is 6.54 Å². The molecule has 0 fully saturated rings. The number of halogens is 1. The van der Waals surface area contributed by atoms with E-state index in [2.05, 4.69) is 32.3 Å². The molecule has 1 heterocycles. The predicted molar refractivity (Wildman–Crippen MR) is 76.0 cm³/mol. The fourth-order valence-electron chi connectivity index (χ4n) is 2.39. The van der Waals surface area contributed by atoms with Crippen LogP contribution in [0.25, 0.3) is 0 Å². The first-order chi connectivity index (χ1) is 8.36. The van der Waals surface area contributed by atoms with Crippen molar-refractivity contribution in [2.24, 2.45) is 0 Å². The van der Waals surface area contributed by atoms with Gasteiger partial charge in [-0.05, 0) is 19.3 Å². The molecule has 0 saturated carbocycles. The summed E-state index contributed by atoms with van der Waals surface area (Å²) in [6, 6.07) is 0. The smallest absolute Gasteiger partial charge is 0.102 e. The third-order valence-electron chi connectivity index (χ3n) is 3.61. The monoisotopic (exact) mass is 255 g/mol. The van der Waals surface area contributed by atoms with Crippen molar-refractivity contribution in [2.45, 2.75) is 71.6 Å². The van der Waals surface area contributed by atoms with E-state index in [9.17, 15) is 0 Å². The van der Waals surface area contributed by atoms with Crippen molar-refractivity contribution in [1.29, 1.82) is 0 Å². The van der Waals surface area contributed by atoms with Gasteiger partial charge in [0.15, 0.2) is 0 Å². The van der Waals surface area contributed by atoms with E-state index >= 15 is 0 Å². The Bertz CT molecular complexity index is 245. The first kappa shape index (κ1) is 17.4. The molecular weight excluding hydrogens is 225 g/mol. The molecule has 0 saturated heterocycles. The van der Waals surface area contributed by atoms with E-state index < -0.39 is 0 Å². The molecule has 1 N–H and O–H groups in total. The lowest BCUT2D eigenvalue weighted by Crippen LogP contribution is -3.01. The highest BCUT2D eigenvalue weighted by Gasteiger charge is 2.08. The van der Waals surface area contributed by atoms with Gasteiger partial charge in [-0.1, -0.05) is 52.4 Å². The van der Waals surface area contributed by atoms with Crippen molar-refractivity contribution in [3.63, 3.8) is 0 Å². The van der Waals surface area contributed by atoms with E-state index in [1.165, 1.54) is 69.9 Å². The van der Waals surface area contributed by atoms with E-state index in [0.29, 0.717) is 0 Å². The van der Waals surface area contributed by atoms with Crippen molar-refractivity contribution in [1.82, 2.24) is 0 Å². The maximum atomic E-state index is 2.38. The highest BCUT2D eigenvalue weighted by molar-refractivity contribution is 5.17. The lowest BCUT2D eigenvalue weighted by molar-refractivity contribution is -0.788. The van der Waals surface area contributed by atoms with Crippen LogP contribution in [0.4, 0.5) is 0 Å². The molecule has 0 aromatic rings. The molecule has 1 atom stereocenters. The highest BCUT2D eigenvalue weighted by Crippen LogP contribution is 2.08. The van der Waals surface area contributed by atoms with Crippen LogP contribution in [0.3, 0.4) is 0 Å². The summed E-state index contributed by atoms with van der Waals surface area (Å²) in [6.07, 6.45) is 19.5. The first-order valence-corrected chi connectivity index (χ1v) is 7.61. The molecule has 106 valence electrons. The Morgan fingerprint density at radius 3 is 2.06 bits per heavy atom. The van der Waals surface area contributed by atoms with Gasteiger partial charge in [-0.2, -0.15) is 0 Å². The molecule has 0 aromatic carbocycles. The molecule has 1 rings (SSSR count). The average Bonchev–Trinajstić information content (AvgIpc) is 2.80. The normalized spacial score (nSPS) is 17.7. The van der Waals surface area contributed by atoms with Gasteiger partial charge in [0.1, 0.15) is 6.20 Å². The maximum absolute atomic E-state index is 2.38. The lowest BCUT2D eigenvalue weighted by atomic mass is 10.1. The van der Waals surface area contributed by atoms with Gasteiger partial charge in [-0.15, -0.1) is 0 Å². The van der Waals surface area contributed by atoms with Gasteiger partial charge in [0.2, 0.25) is 0 Å². The molecule has 0 aromatic heterocycles. The van der Waals surface area contributed by atoms with Gasteiger partial charge in [0.25, 0.3) is 0 Å². The maximum Gasteiger partial charge on any atom is 0.102 e. The zero-order valence-electron chi connectivity index (χ0n) is 12.2. The summed E-state index contributed by atoms with van der Waals surface area (Å²) in [5, 5.41) is 0. The number of nitrogens with one attached hydrogen (secondary N) is 1. The lowest BCUT2D eigenvalue weighted by Gasteiger charge is -2.06. The molecule has 0 amide bonds. The third kappa shape index (κ3) is 7.65. The van der Waals surface area contributed by atoms with E-state index in [0.717, 1.165) is 0 Å². The standard InChI is InChI=1S/C16H29N.FH/c1-3-5-6-7-8-9-10-11-13-17-14-12-16(4-2)15-17;/h12,14-15H,3-11,13H2,1-2H3;1H. The van der Waals surface area contributed by atoms with E-state index in [-0.39, 0.29) is 4.70 Å². The minimum Gasteiger partial charge on any atom is -1.00 e. The van der Waals surface area contributed by atoms with Crippen LogP contribution >= 0.6 is 0 Å². The van der Waals surface area contributed by atoms with Crippen LogP contribution < -0.4 is 9.60 Å². The van der Waals surface area contributed by atoms with Gasteiger partial charge in [-0.25, -0.2) is 0 Å². The zero-order valence-corrected chi connectivity index (χ0v) is 12.2. The molecular formula is C16H30FN. The number of hydrogen-bond donors (Lipinski definition) is 1. The minimum absolute atomic E-state index is 0. The molecule has 1 unspecified atom stereocenters. The number of unbranched alkanes of at least 4 members (excludes halogenated alkanes) is 7. The summed E-state index contributed by atoms with van der Waals surface area (Å²) in [4.78, 5) is 1.55. The third-order valence-corrected chi connectivity index (χ3v) is 3.61. The summed E-state index contributed by atoms with van der Waals surface area (Å²) in [7, 11) is 0. The Balaban J connectivity index is 0.00000289. The predicted octanol–water partition coefficient (Wildman–Crippen LogP) is 0.837. The van der Waals surface area contributed by atoms with Crippen molar-refractivity contribution in [3.05, 3.63) is 24.0 Å². The van der Waals surface area contributed by atoms with Crippen LogP contribution in [0.15, 0.2) is 24.0 Å². The summed E-state index contributed by atoms with van der Waals surface area (Å²) in [6.45, 7) is 5.80. The average molecular weight is 255 g/mol. The highest BCUT2D eigenvalue weighted by atomic mass is 19.0. The molecule has 2 heteroatoms.